The van der Waals surface area contributed by atoms with Crippen molar-refractivity contribution in [1.29, 1.82) is 0 Å². The molecule has 0 aliphatic heterocycles. The van der Waals surface area contributed by atoms with Crippen LogP contribution in [0.4, 0.5) is 5.69 Å². The van der Waals surface area contributed by atoms with E-state index in [1.807, 2.05) is 42.1 Å². The SMILES string of the molecule is Cn1ccnc1-c1noc(Cc2ccccc2N)n1. The molecular formula is C13H13N5O. The van der Waals surface area contributed by atoms with E-state index in [-0.39, 0.29) is 0 Å². The van der Waals surface area contributed by atoms with Crippen LogP contribution in [0.15, 0.2) is 41.2 Å². The molecule has 0 aliphatic rings. The second-order valence-electron chi connectivity index (χ2n) is 4.25. The highest BCUT2D eigenvalue weighted by Gasteiger charge is 2.13. The zero-order chi connectivity index (χ0) is 13.2. The van der Waals surface area contributed by atoms with Gasteiger partial charge in [-0.05, 0) is 11.6 Å². The smallest absolute Gasteiger partial charge is 0.238 e. The second kappa shape index (κ2) is 4.56. The van der Waals surface area contributed by atoms with E-state index in [0.717, 1.165) is 11.3 Å². The minimum Gasteiger partial charge on any atom is -0.398 e. The highest BCUT2D eigenvalue weighted by atomic mass is 16.5. The molecule has 6 nitrogen and oxygen atoms in total. The molecule has 2 heterocycles. The van der Waals surface area contributed by atoms with E-state index < -0.39 is 0 Å². The maximum absolute atomic E-state index is 5.89. The lowest BCUT2D eigenvalue weighted by atomic mass is 10.1. The first-order valence-corrected chi connectivity index (χ1v) is 5.87. The molecule has 0 spiro atoms. The molecular weight excluding hydrogens is 242 g/mol. The number of benzene rings is 1. The number of hydrogen-bond donors (Lipinski definition) is 1. The van der Waals surface area contributed by atoms with Crippen molar-refractivity contribution in [1.82, 2.24) is 19.7 Å². The van der Waals surface area contributed by atoms with Gasteiger partial charge in [0.05, 0.1) is 6.42 Å². The molecule has 2 aromatic heterocycles. The summed E-state index contributed by atoms with van der Waals surface area (Å²) >= 11 is 0. The Morgan fingerprint density at radius 2 is 2.16 bits per heavy atom. The van der Waals surface area contributed by atoms with Crippen molar-refractivity contribution in [2.75, 3.05) is 5.73 Å². The van der Waals surface area contributed by atoms with Gasteiger partial charge < -0.3 is 14.8 Å². The zero-order valence-electron chi connectivity index (χ0n) is 10.4. The fourth-order valence-corrected chi connectivity index (χ4v) is 1.86. The maximum atomic E-state index is 5.89. The number of nitrogen functional groups attached to an aromatic ring is 1. The molecule has 0 amide bonds. The Hall–Kier alpha value is -2.63. The van der Waals surface area contributed by atoms with Gasteiger partial charge in [0.1, 0.15) is 0 Å². The van der Waals surface area contributed by atoms with Gasteiger partial charge in [-0.15, -0.1) is 0 Å². The summed E-state index contributed by atoms with van der Waals surface area (Å²) in [5, 5.41) is 3.94. The topological polar surface area (TPSA) is 82.8 Å². The van der Waals surface area contributed by atoms with Crippen LogP contribution < -0.4 is 5.73 Å². The Balaban J connectivity index is 1.87. The number of anilines is 1. The van der Waals surface area contributed by atoms with Crippen molar-refractivity contribution in [2.45, 2.75) is 6.42 Å². The highest BCUT2D eigenvalue weighted by molar-refractivity contribution is 5.48. The Labute approximate surface area is 109 Å². The Kier molecular flexibility index (Phi) is 2.75. The van der Waals surface area contributed by atoms with Crippen LogP contribution in [0.3, 0.4) is 0 Å². The van der Waals surface area contributed by atoms with Crippen molar-refractivity contribution in [3.8, 4) is 11.6 Å². The van der Waals surface area contributed by atoms with Gasteiger partial charge >= 0.3 is 0 Å². The summed E-state index contributed by atoms with van der Waals surface area (Å²) in [6.07, 6.45) is 4.05. The second-order valence-corrected chi connectivity index (χ2v) is 4.25. The fraction of sp³-hybridized carbons (Fsp3) is 0.154. The Bertz CT molecular complexity index is 700. The maximum Gasteiger partial charge on any atom is 0.238 e. The van der Waals surface area contributed by atoms with Crippen LogP contribution in [0, 0.1) is 0 Å². The summed E-state index contributed by atoms with van der Waals surface area (Å²) < 4.78 is 7.07. The molecule has 2 N–H and O–H groups in total. The first-order valence-electron chi connectivity index (χ1n) is 5.87. The fourth-order valence-electron chi connectivity index (χ4n) is 1.86. The lowest BCUT2D eigenvalue weighted by Gasteiger charge is -2.00. The summed E-state index contributed by atoms with van der Waals surface area (Å²) in [6.45, 7) is 0. The van der Waals surface area contributed by atoms with Crippen LogP contribution in [-0.4, -0.2) is 19.7 Å². The largest absolute Gasteiger partial charge is 0.398 e. The van der Waals surface area contributed by atoms with Gasteiger partial charge in [-0.2, -0.15) is 4.98 Å². The highest BCUT2D eigenvalue weighted by Crippen LogP contribution is 2.17. The number of rotatable bonds is 3. The Morgan fingerprint density at radius 1 is 1.32 bits per heavy atom. The molecule has 0 fully saturated rings. The lowest BCUT2D eigenvalue weighted by Crippen LogP contribution is -1.96. The molecule has 0 bridgehead atoms. The van der Waals surface area contributed by atoms with Crippen molar-refractivity contribution < 1.29 is 4.52 Å². The molecule has 0 radical (unpaired) electrons. The van der Waals surface area contributed by atoms with E-state index in [1.165, 1.54) is 0 Å². The van der Waals surface area contributed by atoms with E-state index in [1.54, 1.807) is 6.20 Å². The first kappa shape index (κ1) is 11.5. The van der Waals surface area contributed by atoms with Crippen LogP contribution in [0.25, 0.3) is 11.6 Å². The quantitative estimate of drug-likeness (QED) is 0.719. The zero-order valence-corrected chi connectivity index (χ0v) is 10.4. The van der Waals surface area contributed by atoms with Gasteiger partial charge in [0.25, 0.3) is 0 Å². The van der Waals surface area contributed by atoms with Crippen molar-refractivity contribution in [2.24, 2.45) is 7.05 Å². The number of imidazole rings is 1. The standard InChI is InChI=1S/C13H13N5O/c1-18-7-6-15-13(18)12-16-11(19-17-12)8-9-4-2-3-5-10(9)14/h2-7H,8,14H2,1H3. The molecule has 1 aromatic carbocycles. The van der Waals surface area contributed by atoms with Gasteiger partial charge in [0.2, 0.25) is 11.7 Å². The number of hydrogen-bond acceptors (Lipinski definition) is 5. The normalized spacial score (nSPS) is 10.8. The molecule has 3 rings (SSSR count). The number of aromatic nitrogens is 4. The molecule has 0 unspecified atom stereocenters. The molecule has 19 heavy (non-hydrogen) atoms. The van der Waals surface area contributed by atoms with E-state index in [9.17, 15) is 0 Å². The van der Waals surface area contributed by atoms with Gasteiger partial charge in [-0.25, -0.2) is 4.98 Å². The minimum absolute atomic E-state index is 0.483. The summed E-state index contributed by atoms with van der Waals surface area (Å²) in [6, 6.07) is 7.62. The summed E-state index contributed by atoms with van der Waals surface area (Å²) in [7, 11) is 1.88. The predicted octanol–water partition coefficient (Wildman–Crippen LogP) is 1.64. The number of nitrogens with two attached hydrogens (primary N) is 1. The molecule has 0 saturated heterocycles. The molecule has 0 atom stereocenters. The average Bonchev–Trinajstić information content (AvgIpc) is 3.01. The van der Waals surface area contributed by atoms with Crippen LogP contribution in [0.2, 0.25) is 0 Å². The van der Waals surface area contributed by atoms with Crippen LogP contribution in [0.1, 0.15) is 11.5 Å². The van der Waals surface area contributed by atoms with Crippen molar-refractivity contribution in [3.63, 3.8) is 0 Å². The molecule has 0 aliphatic carbocycles. The lowest BCUT2D eigenvalue weighted by molar-refractivity contribution is 0.385. The van der Waals surface area contributed by atoms with Gasteiger partial charge in [0, 0.05) is 25.1 Å². The molecule has 0 saturated carbocycles. The van der Waals surface area contributed by atoms with Crippen LogP contribution in [-0.2, 0) is 13.5 Å². The third kappa shape index (κ3) is 2.20. The summed E-state index contributed by atoms with van der Waals surface area (Å²) in [5.41, 5.74) is 7.58. The van der Waals surface area contributed by atoms with E-state index in [4.69, 9.17) is 10.3 Å². The molecule has 6 heteroatoms. The van der Waals surface area contributed by atoms with Crippen molar-refractivity contribution in [3.05, 3.63) is 48.1 Å². The minimum atomic E-state index is 0.483. The number of aryl methyl sites for hydroxylation is 1. The van der Waals surface area contributed by atoms with Crippen molar-refractivity contribution >= 4 is 5.69 Å². The average molecular weight is 255 g/mol. The summed E-state index contributed by atoms with van der Waals surface area (Å²) in [4.78, 5) is 8.51. The van der Waals surface area contributed by atoms with Crippen LogP contribution >= 0.6 is 0 Å². The third-order valence-electron chi connectivity index (χ3n) is 2.89. The molecule has 3 aromatic rings. The molecule has 96 valence electrons. The summed E-state index contributed by atoms with van der Waals surface area (Å²) in [5.74, 6) is 1.68. The first-order chi connectivity index (χ1) is 9.24. The van der Waals surface area contributed by atoms with Gasteiger partial charge in [-0.3, -0.25) is 0 Å². The number of nitrogens with zero attached hydrogens (tertiary/aromatic N) is 4. The van der Waals surface area contributed by atoms with Crippen LogP contribution in [0.5, 0.6) is 0 Å². The van der Waals surface area contributed by atoms with Gasteiger partial charge in [-0.1, -0.05) is 23.4 Å². The van der Waals surface area contributed by atoms with E-state index >= 15 is 0 Å². The van der Waals surface area contributed by atoms with E-state index in [0.29, 0.717) is 24.0 Å². The van der Waals surface area contributed by atoms with E-state index in [2.05, 4.69) is 15.1 Å². The van der Waals surface area contributed by atoms with Gasteiger partial charge in [0.15, 0.2) is 5.82 Å². The predicted molar refractivity (Wildman–Crippen MR) is 70.2 cm³/mol. The Morgan fingerprint density at radius 3 is 2.89 bits per heavy atom. The third-order valence-corrected chi connectivity index (χ3v) is 2.89. The number of para-hydroxylation sites is 1. The monoisotopic (exact) mass is 255 g/mol.